The van der Waals surface area contributed by atoms with Crippen molar-refractivity contribution in [2.45, 2.75) is 115 Å². The van der Waals surface area contributed by atoms with Crippen LogP contribution >= 0.6 is 0 Å². The van der Waals surface area contributed by atoms with Crippen LogP contribution in [0.4, 0.5) is 13.2 Å². The molecular formula is C39H50F3N3O11S. The average Bonchev–Trinajstić information content (AvgIpc) is 4.01. The van der Waals surface area contributed by atoms with Gasteiger partial charge in [-0.2, -0.15) is 21.6 Å². The SMILES string of the molecule is CC[C@@H]1C[C@]1(CC(=O)[C@@H]1C[C@@H](Oc2nccc3cc(OC)ccc23)CN1C(=O)[C@@H](CC(=O)OC(C)(C)C(F)(F)F)C1CCOCC1)C(=O)NS(=O)(=O)OC1(C)CC1. The number of hydrogen-bond acceptors (Lipinski definition) is 12. The third-order valence-electron chi connectivity index (χ3n) is 11.9. The summed E-state index contributed by atoms with van der Waals surface area (Å²) in [5.41, 5.74) is -5.11. The fourth-order valence-electron chi connectivity index (χ4n) is 7.97. The largest absolute Gasteiger partial charge is 0.497 e. The lowest BCUT2D eigenvalue weighted by Gasteiger charge is -2.35. The van der Waals surface area contributed by atoms with E-state index in [4.69, 9.17) is 23.1 Å². The number of ketones is 1. The number of carbonyl (C=O) groups is 4. The Hall–Kier alpha value is -4.03. The highest BCUT2D eigenvalue weighted by Gasteiger charge is 2.62. The first-order chi connectivity index (χ1) is 26.7. The molecule has 1 aromatic heterocycles. The number of aromatic nitrogens is 1. The van der Waals surface area contributed by atoms with E-state index < -0.39 is 93.5 Å². The lowest BCUT2D eigenvalue weighted by atomic mass is 9.82. The van der Waals surface area contributed by atoms with E-state index in [9.17, 15) is 40.8 Å². The summed E-state index contributed by atoms with van der Waals surface area (Å²) in [5.74, 6) is -4.45. The number of pyridine rings is 1. The van der Waals surface area contributed by atoms with Crippen LogP contribution in [0.3, 0.4) is 0 Å². The number of likely N-dealkylation sites (tertiary alicyclic amines) is 1. The number of methoxy groups -OCH3 is 1. The van der Waals surface area contributed by atoms with Crippen LogP contribution in [0.25, 0.3) is 10.8 Å². The second-order valence-electron chi connectivity index (χ2n) is 16.5. The van der Waals surface area contributed by atoms with Gasteiger partial charge in [0.25, 0.3) is 0 Å². The minimum absolute atomic E-state index is 0.0426. The summed E-state index contributed by atoms with van der Waals surface area (Å²) in [4.78, 5) is 61.8. The molecule has 57 heavy (non-hydrogen) atoms. The van der Waals surface area contributed by atoms with E-state index in [1.807, 2.05) is 11.6 Å². The van der Waals surface area contributed by atoms with E-state index >= 15 is 0 Å². The smallest absolute Gasteiger partial charge is 0.427 e. The Balaban J connectivity index is 1.29. The van der Waals surface area contributed by atoms with Crippen LogP contribution in [0.15, 0.2) is 30.5 Å². The minimum Gasteiger partial charge on any atom is -0.497 e. The van der Waals surface area contributed by atoms with Gasteiger partial charge in [0.15, 0.2) is 5.78 Å². The molecule has 5 atom stereocenters. The van der Waals surface area contributed by atoms with Gasteiger partial charge in [-0.25, -0.2) is 13.9 Å². The summed E-state index contributed by atoms with van der Waals surface area (Å²) in [5, 5.41) is 1.38. The molecular weight excluding hydrogens is 776 g/mol. The number of amides is 2. The van der Waals surface area contributed by atoms with Gasteiger partial charge in [0.05, 0.1) is 43.1 Å². The standard InChI is InChI=1S/C39H50F3N3O11S/c1-6-25-20-38(25,35(49)44-57(50,51)56-37(4)12-13-37)21-31(46)30-18-27(54-33-28-8-7-26(52-5)17-24(28)9-14-43-33)22-45(30)34(48)29(23-10-15-53-16-11-23)19-32(47)55-36(2,3)39(40,41)42/h7-9,14,17,23,25,27,29-30H,6,10-13,15-16,18-22H2,1-5H3,(H,44,49)/t25-,27-,29+,30+,38-/m1/s1. The van der Waals surface area contributed by atoms with E-state index in [0.717, 1.165) is 19.2 Å². The van der Waals surface area contributed by atoms with Crippen LogP contribution in [-0.4, -0.2) is 98.3 Å². The average molecular weight is 826 g/mol. The molecule has 1 aromatic carbocycles. The number of rotatable bonds is 16. The molecule has 2 saturated heterocycles. The van der Waals surface area contributed by atoms with Crippen molar-refractivity contribution < 1.29 is 63.9 Å². The molecule has 3 heterocycles. The van der Waals surface area contributed by atoms with Crippen molar-refractivity contribution in [1.29, 1.82) is 0 Å². The molecule has 314 valence electrons. The monoisotopic (exact) mass is 825 g/mol. The molecule has 2 aliphatic heterocycles. The predicted octanol–water partition coefficient (Wildman–Crippen LogP) is 5.21. The van der Waals surface area contributed by atoms with Gasteiger partial charge in [-0.05, 0) is 94.4 Å². The third-order valence-corrected chi connectivity index (χ3v) is 12.9. The van der Waals surface area contributed by atoms with E-state index in [1.165, 1.54) is 18.2 Å². The maximum atomic E-state index is 14.7. The first-order valence-corrected chi connectivity index (χ1v) is 20.7. The molecule has 4 aliphatic rings. The molecule has 6 rings (SSSR count). The molecule has 1 N–H and O–H groups in total. The Morgan fingerprint density at radius 3 is 2.42 bits per heavy atom. The number of nitrogens with zero attached hydrogens (tertiary/aromatic N) is 2. The quantitative estimate of drug-likeness (QED) is 0.219. The van der Waals surface area contributed by atoms with Crippen LogP contribution in [-0.2, 0) is 43.1 Å². The molecule has 4 fully saturated rings. The fraction of sp³-hybridized carbons (Fsp3) is 0.667. The van der Waals surface area contributed by atoms with Crippen LogP contribution in [0.5, 0.6) is 11.6 Å². The van der Waals surface area contributed by atoms with E-state index in [0.29, 0.717) is 43.2 Å². The number of halogens is 3. The first kappa shape index (κ1) is 42.6. The topological polar surface area (TPSA) is 177 Å². The molecule has 2 amide bonds. The maximum absolute atomic E-state index is 14.7. The van der Waals surface area contributed by atoms with Gasteiger partial charge in [0, 0.05) is 37.6 Å². The Labute approximate surface area is 329 Å². The third kappa shape index (κ3) is 9.48. The number of esters is 1. The maximum Gasteiger partial charge on any atom is 0.427 e. The summed E-state index contributed by atoms with van der Waals surface area (Å²) in [7, 11) is -2.96. The molecule has 18 heteroatoms. The lowest BCUT2D eigenvalue weighted by molar-refractivity contribution is -0.257. The summed E-state index contributed by atoms with van der Waals surface area (Å²) in [6.07, 6.45) is -2.90. The first-order valence-electron chi connectivity index (χ1n) is 19.3. The minimum atomic E-state index is -4.87. The Morgan fingerprint density at radius 1 is 1.11 bits per heavy atom. The van der Waals surface area contributed by atoms with Gasteiger partial charge in [0.2, 0.25) is 23.3 Å². The molecule has 0 bridgehead atoms. The van der Waals surface area contributed by atoms with Crippen molar-refractivity contribution >= 4 is 44.6 Å². The number of nitrogens with one attached hydrogen (secondary N) is 1. The molecule has 14 nitrogen and oxygen atoms in total. The Morgan fingerprint density at radius 2 is 1.81 bits per heavy atom. The molecule has 0 spiro atoms. The number of carbonyl (C=O) groups excluding carboxylic acids is 4. The number of benzene rings is 1. The highest BCUT2D eigenvalue weighted by atomic mass is 32.2. The lowest BCUT2D eigenvalue weighted by Crippen LogP contribution is -2.49. The van der Waals surface area contributed by atoms with Crippen molar-refractivity contribution in [1.82, 2.24) is 14.6 Å². The molecule has 0 radical (unpaired) electrons. The van der Waals surface area contributed by atoms with Crippen LogP contribution in [0.2, 0.25) is 0 Å². The second kappa shape index (κ2) is 16.0. The molecule has 2 aromatic rings. The highest BCUT2D eigenvalue weighted by Crippen LogP contribution is 2.58. The van der Waals surface area contributed by atoms with Gasteiger partial charge < -0.3 is 23.8 Å². The van der Waals surface area contributed by atoms with Crippen LogP contribution < -0.4 is 14.2 Å². The van der Waals surface area contributed by atoms with E-state index in [1.54, 1.807) is 31.2 Å². The molecule has 0 unspecified atom stereocenters. The second-order valence-corrected chi connectivity index (χ2v) is 17.7. The van der Waals surface area contributed by atoms with Crippen LogP contribution in [0.1, 0.15) is 85.5 Å². The summed E-state index contributed by atoms with van der Waals surface area (Å²) in [6, 6.07) is 5.85. The van der Waals surface area contributed by atoms with Gasteiger partial charge >= 0.3 is 22.4 Å². The number of ether oxygens (including phenoxy) is 4. The van der Waals surface area contributed by atoms with Gasteiger partial charge in [-0.15, -0.1) is 0 Å². The zero-order valence-electron chi connectivity index (χ0n) is 32.7. The summed E-state index contributed by atoms with van der Waals surface area (Å²) in [6.45, 7) is 5.24. The van der Waals surface area contributed by atoms with Crippen molar-refractivity contribution in [3.63, 3.8) is 0 Å². The van der Waals surface area contributed by atoms with E-state index in [2.05, 4.69) is 4.98 Å². The predicted molar refractivity (Wildman–Crippen MR) is 197 cm³/mol. The van der Waals surface area contributed by atoms with Crippen LogP contribution in [0, 0.1) is 23.2 Å². The van der Waals surface area contributed by atoms with Crippen molar-refractivity contribution in [2.75, 3.05) is 26.9 Å². The normalized spacial score (nSPS) is 25.4. The van der Waals surface area contributed by atoms with Crippen molar-refractivity contribution in [3.8, 4) is 11.6 Å². The zero-order chi connectivity index (χ0) is 41.6. The van der Waals surface area contributed by atoms with Crippen molar-refractivity contribution in [2.24, 2.45) is 23.2 Å². The van der Waals surface area contributed by atoms with Gasteiger partial charge in [0.1, 0.15) is 11.9 Å². The number of hydrogen-bond donors (Lipinski definition) is 1. The number of Topliss-reactive ketones (excluding diaryl/α,β-unsaturated/α-hetero) is 1. The fourth-order valence-corrected chi connectivity index (χ4v) is 9.14. The highest BCUT2D eigenvalue weighted by molar-refractivity contribution is 7.85. The van der Waals surface area contributed by atoms with E-state index in [-0.39, 0.29) is 44.4 Å². The van der Waals surface area contributed by atoms with Gasteiger partial charge in [-0.1, -0.05) is 13.3 Å². The van der Waals surface area contributed by atoms with Gasteiger partial charge in [-0.3, -0.25) is 19.2 Å². The Kier molecular flexibility index (Phi) is 11.9. The molecule has 2 aliphatic carbocycles. The number of alkyl halides is 3. The number of fused-ring (bicyclic) bond motifs is 1. The summed E-state index contributed by atoms with van der Waals surface area (Å²) >= 11 is 0. The summed E-state index contributed by atoms with van der Waals surface area (Å²) < 4.78 is 96.0. The Bertz CT molecular complexity index is 1980. The van der Waals surface area contributed by atoms with Crippen molar-refractivity contribution in [3.05, 3.63) is 30.5 Å². The zero-order valence-corrected chi connectivity index (χ0v) is 33.5. The molecule has 2 saturated carbocycles.